The number of thioether (sulfide) groups is 1. The van der Waals surface area contributed by atoms with Gasteiger partial charge in [-0.25, -0.2) is 0 Å². The van der Waals surface area contributed by atoms with Crippen molar-refractivity contribution in [3.63, 3.8) is 0 Å². The molecule has 2 rings (SSSR count). The van der Waals surface area contributed by atoms with Crippen LogP contribution < -0.4 is 5.73 Å². The fourth-order valence-corrected chi connectivity index (χ4v) is 4.11. The van der Waals surface area contributed by atoms with Crippen molar-refractivity contribution < 1.29 is 0 Å². The Kier molecular flexibility index (Phi) is 3.95. The monoisotopic (exact) mass is 313 g/mol. The average Bonchev–Trinajstić information content (AvgIpc) is 2.63. The summed E-state index contributed by atoms with van der Waals surface area (Å²) in [5, 5.41) is 2.10. The van der Waals surface area contributed by atoms with E-state index in [1.165, 1.54) is 14.9 Å². The van der Waals surface area contributed by atoms with E-state index in [-0.39, 0.29) is 0 Å². The molecule has 4 heteroatoms. The average molecular weight is 314 g/mol. The van der Waals surface area contributed by atoms with Crippen LogP contribution in [0.25, 0.3) is 0 Å². The maximum absolute atomic E-state index is 5.97. The summed E-state index contributed by atoms with van der Waals surface area (Å²) in [5.74, 6) is 0.964. The molecule has 2 N–H and O–H groups in total. The molecule has 1 heterocycles. The predicted octanol–water partition coefficient (Wildman–Crippen LogP) is 4.69. The van der Waals surface area contributed by atoms with Gasteiger partial charge < -0.3 is 5.73 Å². The van der Waals surface area contributed by atoms with Crippen molar-refractivity contribution in [2.75, 3.05) is 5.73 Å². The van der Waals surface area contributed by atoms with Gasteiger partial charge in [-0.3, -0.25) is 0 Å². The molecule has 0 unspecified atom stereocenters. The first-order valence-electron chi connectivity index (χ1n) is 4.87. The van der Waals surface area contributed by atoms with Gasteiger partial charge in [0.15, 0.2) is 0 Å². The van der Waals surface area contributed by atoms with Crippen LogP contribution in [0.4, 0.5) is 5.69 Å². The summed E-state index contributed by atoms with van der Waals surface area (Å²) >= 11 is 7.09. The van der Waals surface area contributed by atoms with Crippen LogP contribution in [0, 0.1) is 6.92 Å². The third-order valence-electron chi connectivity index (χ3n) is 2.22. The lowest BCUT2D eigenvalue weighted by atomic mass is 10.2. The van der Waals surface area contributed by atoms with Gasteiger partial charge >= 0.3 is 0 Å². The summed E-state index contributed by atoms with van der Waals surface area (Å²) in [7, 11) is 0. The maximum Gasteiger partial charge on any atom is 0.0454 e. The SMILES string of the molecule is Cc1ccc(SCc2sccc2Br)c(N)c1. The van der Waals surface area contributed by atoms with E-state index in [1.807, 2.05) is 6.07 Å². The van der Waals surface area contributed by atoms with E-state index in [4.69, 9.17) is 5.73 Å². The first-order chi connectivity index (χ1) is 7.66. The fraction of sp³-hybridized carbons (Fsp3) is 0.167. The van der Waals surface area contributed by atoms with Crippen molar-refractivity contribution in [3.05, 3.63) is 44.6 Å². The third kappa shape index (κ3) is 2.81. The van der Waals surface area contributed by atoms with Gasteiger partial charge in [0.1, 0.15) is 0 Å². The molecule has 0 saturated heterocycles. The van der Waals surface area contributed by atoms with Crippen LogP contribution in [0.5, 0.6) is 0 Å². The molecule has 0 spiro atoms. The number of hydrogen-bond donors (Lipinski definition) is 1. The van der Waals surface area contributed by atoms with E-state index in [0.29, 0.717) is 0 Å². The first-order valence-corrected chi connectivity index (χ1v) is 7.53. The Balaban J connectivity index is 2.08. The molecule has 2 aromatic rings. The summed E-state index contributed by atoms with van der Waals surface area (Å²) in [4.78, 5) is 2.51. The number of rotatable bonds is 3. The van der Waals surface area contributed by atoms with Crippen LogP contribution in [0.15, 0.2) is 39.0 Å². The highest BCUT2D eigenvalue weighted by atomic mass is 79.9. The Morgan fingerprint density at radius 3 is 2.81 bits per heavy atom. The van der Waals surface area contributed by atoms with Gasteiger partial charge in [-0.1, -0.05) is 6.07 Å². The number of aryl methyl sites for hydroxylation is 1. The third-order valence-corrected chi connectivity index (χ3v) is 5.44. The Bertz CT molecular complexity index is 494. The van der Waals surface area contributed by atoms with Crippen LogP contribution in [0.3, 0.4) is 0 Å². The van der Waals surface area contributed by atoms with E-state index >= 15 is 0 Å². The molecular formula is C12H12BrNS2. The van der Waals surface area contributed by atoms with Crippen LogP contribution in [-0.4, -0.2) is 0 Å². The van der Waals surface area contributed by atoms with E-state index in [2.05, 4.69) is 46.4 Å². The van der Waals surface area contributed by atoms with Crippen LogP contribution in [0.2, 0.25) is 0 Å². The number of thiophene rings is 1. The normalized spacial score (nSPS) is 10.6. The summed E-state index contributed by atoms with van der Waals surface area (Å²) in [6.07, 6.45) is 0. The van der Waals surface area contributed by atoms with Crippen molar-refractivity contribution in [2.24, 2.45) is 0 Å². The van der Waals surface area contributed by atoms with Crippen LogP contribution in [-0.2, 0) is 5.75 Å². The Morgan fingerprint density at radius 1 is 1.38 bits per heavy atom. The van der Waals surface area contributed by atoms with Crippen LogP contribution >= 0.6 is 39.0 Å². The molecule has 0 aliphatic rings. The summed E-state index contributed by atoms with van der Waals surface area (Å²) in [6.45, 7) is 2.06. The molecule has 1 nitrogen and oxygen atoms in total. The standard InChI is InChI=1S/C12H12BrNS2/c1-8-2-3-11(10(14)6-8)16-7-12-9(13)4-5-15-12/h2-6H,7,14H2,1H3. The number of nitrogens with two attached hydrogens (primary N) is 1. The second-order valence-corrected chi connectivity index (χ2v) is 6.39. The first kappa shape index (κ1) is 12.0. The second-order valence-electron chi connectivity index (χ2n) is 3.52. The number of anilines is 1. The Morgan fingerprint density at radius 2 is 2.19 bits per heavy atom. The molecule has 16 heavy (non-hydrogen) atoms. The van der Waals surface area contributed by atoms with Crippen molar-refractivity contribution in [1.82, 2.24) is 0 Å². The molecule has 0 saturated carbocycles. The summed E-state index contributed by atoms with van der Waals surface area (Å²) in [6, 6.07) is 8.30. The van der Waals surface area contributed by atoms with Gasteiger partial charge in [0.05, 0.1) is 0 Å². The minimum Gasteiger partial charge on any atom is -0.398 e. The number of nitrogen functional groups attached to an aromatic ring is 1. The van der Waals surface area contributed by atoms with Gasteiger partial charge in [-0.2, -0.15) is 0 Å². The van der Waals surface area contributed by atoms with Crippen molar-refractivity contribution in [2.45, 2.75) is 17.6 Å². The molecule has 0 aliphatic carbocycles. The molecule has 0 radical (unpaired) electrons. The van der Waals surface area contributed by atoms with Crippen molar-refractivity contribution in [3.8, 4) is 0 Å². The van der Waals surface area contributed by atoms with E-state index in [9.17, 15) is 0 Å². The smallest absolute Gasteiger partial charge is 0.0454 e. The Hall–Kier alpha value is -0.450. The van der Waals surface area contributed by atoms with Crippen LogP contribution in [0.1, 0.15) is 10.4 Å². The molecule has 0 atom stereocenters. The van der Waals surface area contributed by atoms with E-state index in [0.717, 1.165) is 16.3 Å². The zero-order valence-corrected chi connectivity index (χ0v) is 12.1. The largest absolute Gasteiger partial charge is 0.398 e. The molecule has 1 aromatic heterocycles. The van der Waals surface area contributed by atoms with E-state index < -0.39 is 0 Å². The van der Waals surface area contributed by atoms with Crippen molar-refractivity contribution >= 4 is 44.7 Å². The van der Waals surface area contributed by atoms with E-state index in [1.54, 1.807) is 23.1 Å². The molecular weight excluding hydrogens is 302 g/mol. The van der Waals surface area contributed by atoms with Gasteiger partial charge in [-0.15, -0.1) is 23.1 Å². The number of benzene rings is 1. The zero-order chi connectivity index (χ0) is 11.5. The highest BCUT2D eigenvalue weighted by molar-refractivity contribution is 9.10. The van der Waals surface area contributed by atoms with Gasteiger partial charge in [0.25, 0.3) is 0 Å². The number of halogens is 1. The molecule has 84 valence electrons. The van der Waals surface area contributed by atoms with Gasteiger partial charge in [0.2, 0.25) is 0 Å². The summed E-state index contributed by atoms with van der Waals surface area (Å²) < 4.78 is 1.19. The lowest BCUT2D eigenvalue weighted by Gasteiger charge is -2.05. The zero-order valence-electron chi connectivity index (χ0n) is 8.87. The highest BCUT2D eigenvalue weighted by Crippen LogP contribution is 2.33. The second kappa shape index (κ2) is 5.25. The minimum atomic E-state index is 0.873. The molecule has 0 bridgehead atoms. The lowest BCUT2D eigenvalue weighted by molar-refractivity contribution is 1.37. The minimum absolute atomic E-state index is 0.873. The topological polar surface area (TPSA) is 26.0 Å². The highest BCUT2D eigenvalue weighted by Gasteiger charge is 2.04. The Labute approximate surface area is 112 Å². The predicted molar refractivity (Wildman–Crippen MR) is 77.2 cm³/mol. The molecule has 0 fully saturated rings. The quantitative estimate of drug-likeness (QED) is 0.657. The van der Waals surface area contributed by atoms with Crippen molar-refractivity contribution in [1.29, 1.82) is 0 Å². The fourth-order valence-electron chi connectivity index (χ4n) is 1.37. The maximum atomic E-state index is 5.97. The van der Waals surface area contributed by atoms with Gasteiger partial charge in [0, 0.05) is 25.7 Å². The lowest BCUT2D eigenvalue weighted by Crippen LogP contribution is -1.89. The van der Waals surface area contributed by atoms with Gasteiger partial charge in [-0.05, 0) is 52.0 Å². The molecule has 0 aliphatic heterocycles. The number of hydrogen-bond acceptors (Lipinski definition) is 3. The molecule has 0 amide bonds. The summed E-state index contributed by atoms with van der Waals surface area (Å²) in [5.41, 5.74) is 8.05. The molecule has 1 aromatic carbocycles.